The molecule has 110 valence electrons. The second-order valence-corrected chi connectivity index (χ2v) is 5.69. The van der Waals surface area contributed by atoms with Gasteiger partial charge in [0.1, 0.15) is 5.75 Å². The molecule has 0 atom stereocenters. The van der Waals surface area contributed by atoms with Gasteiger partial charge in [0.2, 0.25) is 6.79 Å². The summed E-state index contributed by atoms with van der Waals surface area (Å²) in [7, 11) is 0. The summed E-state index contributed by atoms with van der Waals surface area (Å²) in [5.74, 6) is 1.45. The van der Waals surface area contributed by atoms with Gasteiger partial charge in [-0.05, 0) is 18.9 Å². The first kappa shape index (κ1) is 13.5. The van der Waals surface area contributed by atoms with Crippen LogP contribution in [0.25, 0.3) is 0 Å². The lowest BCUT2D eigenvalue weighted by atomic mass is 9.82. The van der Waals surface area contributed by atoms with Crippen LogP contribution >= 0.6 is 0 Å². The minimum Gasteiger partial charge on any atom is -0.507 e. The van der Waals surface area contributed by atoms with Crippen LogP contribution in [0.3, 0.4) is 0 Å². The van der Waals surface area contributed by atoms with E-state index in [-0.39, 0.29) is 24.7 Å². The first-order valence-electron chi connectivity index (χ1n) is 7.20. The van der Waals surface area contributed by atoms with E-state index in [1.165, 1.54) is 6.42 Å². The predicted molar refractivity (Wildman–Crippen MR) is 74.0 cm³/mol. The van der Waals surface area contributed by atoms with Gasteiger partial charge in [0.15, 0.2) is 11.5 Å². The number of benzene rings is 1. The maximum Gasteiger partial charge on any atom is 0.231 e. The van der Waals surface area contributed by atoms with E-state index in [2.05, 4.69) is 5.32 Å². The average molecular weight is 279 g/mol. The van der Waals surface area contributed by atoms with Crippen molar-refractivity contribution in [2.45, 2.75) is 44.2 Å². The van der Waals surface area contributed by atoms with Crippen molar-refractivity contribution in [2.24, 2.45) is 0 Å². The van der Waals surface area contributed by atoms with Crippen molar-refractivity contribution in [3.63, 3.8) is 0 Å². The predicted octanol–water partition coefficient (Wildman–Crippen LogP) is 1.91. The Morgan fingerprint density at radius 1 is 1.10 bits per heavy atom. The number of rotatable bonds is 4. The fraction of sp³-hybridized carbons (Fsp3) is 0.600. The number of phenols is 1. The third-order valence-corrected chi connectivity index (χ3v) is 4.34. The molecule has 1 fully saturated rings. The molecule has 5 heteroatoms. The quantitative estimate of drug-likeness (QED) is 0.785. The maximum atomic E-state index is 10.0. The molecule has 0 unspecified atom stereocenters. The van der Waals surface area contributed by atoms with E-state index in [9.17, 15) is 10.2 Å². The molecule has 5 nitrogen and oxygen atoms in total. The van der Waals surface area contributed by atoms with Gasteiger partial charge < -0.3 is 25.0 Å². The Bertz CT molecular complexity index is 483. The van der Waals surface area contributed by atoms with Gasteiger partial charge in [-0.2, -0.15) is 0 Å². The minimum atomic E-state index is -0.207. The standard InChI is InChI=1S/C15H21NO4/c17-9-15(4-2-1-3-5-15)16-8-11-6-13-14(7-12(11)18)20-10-19-13/h6-7,16-18H,1-5,8-10H2. The van der Waals surface area contributed by atoms with Gasteiger partial charge in [-0.25, -0.2) is 0 Å². The molecule has 3 rings (SSSR count). The first-order chi connectivity index (χ1) is 9.72. The topological polar surface area (TPSA) is 71.0 Å². The SMILES string of the molecule is OCC1(NCc2cc3c(cc2O)OCO3)CCCCC1. The maximum absolute atomic E-state index is 10.0. The summed E-state index contributed by atoms with van der Waals surface area (Å²) in [6, 6.07) is 3.39. The summed E-state index contributed by atoms with van der Waals surface area (Å²) < 4.78 is 10.6. The molecule has 0 spiro atoms. The normalized spacial score (nSPS) is 20.1. The Labute approximate surface area is 118 Å². The van der Waals surface area contributed by atoms with Crippen LogP contribution in [0.4, 0.5) is 0 Å². The highest BCUT2D eigenvalue weighted by Gasteiger charge is 2.31. The van der Waals surface area contributed by atoms with Gasteiger partial charge in [0.05, 0.1) is 6.61 Å². The van der Waals surface area contributed by atoms with E-state index in [1.54, 1.807) is 12.1 Å². The van der Waals surface area contributed by atoms with E-state index in [4.69, 9.17) is 9.47 Å². The zero-order valence-corrected chi connectivity index (χ0v) is 11.5. The minimum absolute atomic E-state index is 0.137. The molecule has 3 N–H and O–H groups in total. The third kappa shape index (κ3) is 2.55. The van der Waals surface area contributed by atoms with Crippen molar-refractivity contribution in [3.8, 4) is 17.2 Å². The van der Waals surface area contributed by atoms with Gasteiger partial charge in [-0.15, -0.1) is 0 Å². The molecule has 0 amide bonds. The summed E-state index contributed by atoms with van der Waals surface area (Å²) >= 11 is 0. The molecule has 1 aromatic rings. The Hall–Kier alpha value is -1.46. The lowest BCUT2D eigenvalue weighted by Crippen LogP contribution is -2.49. The number of phenolic OH excluding ortho intramolecular Hbond substituents is 1. The molecule has 0 aromatic heterocycles. The molecule has 1 aliphatic heterocycles. The fourth-order valence-electron chi connectivity index (χ4n) is 3.02. The Kier molecular flexibility index (Phi) is 3.72. The van der Waals surface area contributed by atoms with Crippen LogP contribution in [0.5, 0.6) is 17.2 Å². The highest BCUT2D eigenvalue weighted by Crippen LogP contribution is 2.38. The number of hydrogen-bond donors (Lipinski definition) is 3. The van der Waals surface area contributed by atoms with Gasteiger partial charge in [-0.3, -0.25) is 0 Å². The van der Waals surface area contributed by atoms with Crippen LogP contribution in [-0.4, -0.2) is 29.2 Å². The van der Waals surface area contributed by atoms with Crippen LogP contribution in [-0.2, 0) is 6.54 Å². The summed E-state index contributed by atoms with van der Waals surface area (Å²) in [5.41, 5.74) is 0.564. The Morgan fingerprint density at radius 2 is 1.80 bits per heavy atom. The second kappa shape index (κ2) is 5.50. The highest BCUT2D eigenvalue weighted by molar-refractivity contribution is 5.51. The van der Waals surface area contributed by atoms with Crippen molar-refractivity contribution in [1.82, 2.24) is 5.32 Å². The van der Waals surface area contributed by atoms with E-state index in [1.807, 2.05) is 0 Å². The highest BCUT2D eigenvalue weighted by atomic mass is 16.7. The van der Waals surface area contributed by atoms with Gasteiger partial charge in [0.25, 0.3) is 0 Å². The van der Waals surface area contributed by atoms with Crippen LogP contribution in [0.1, 0.15) is 37.7 Å². The number of aliphatic hydroxyl groups is 1. The fourth-order valence-corrected chi connectivity index (χ4v) is 3.02. The molecule has 2 aliphatic rings. The van der Waals surface area contributed by atoms with E-state index in [0.29, 0.717) is 18.0 Å². The smallest absolute Gasteiger partial charge is 0.231 e. The summed E-state index contributed by atoms with van der Waals surface area (Å²) in [4.78, 5) is 0. The molecule has 20 heavy (non-hydrogen) atoms. The summed E-state index contributed by atoms with van der Waals surface area (Å²) in [5, 5.41) is 23.1. The lowest BCUT2D eigenvalue weighted by molar-refractivity contribution is 0.119. The van der Waals surface area contributed by atoms with E-state index < -0.39 is 0 Å². The summed E-state index contributed by atoms with van der Waals surface area (Å²) in [6.45, 7) is 0.855. The zero-order chi connectivity index (χ0) is 14.0. The van der Waals surface area contributed by atoms with Crippen LogP contribution in [0.15, 0.2) is 12.1 Å². The molecule has 0 bridgehead atoms. The van der Waals surface area contributed by atoms with Crippen molar-refractivity contribution in [2.75, 3.05) is 13.4 Å². The third-order valence-electron chi connectivity index (χ3n) is 4.34. The van der Waals surface area contributed by atoms with Crippen molar-refractivity contribution >= 4 is 0 Å². The number of nitrogens with one attached hydrogen (secondary N) is 1. The lowest BCUT2D eigenvalue weighted by Gasteiger charge is -2.36. The Morgan fingerprint density at radius 3 is 2.50 bits per heavy atom. The number of aliphatic hydroxyl groups excluding tert-OH is 1. The first-order valence-corrected chi connectivity index (χ1v) is 7.20. The number of hydrogen-bond acceptors (Lipinski definition) is 5. The molecule has 1 saturated carbocycles. The molecular weight excluding hydrogens is 258 g/mol. The van der Waals surface area contributed by atoms with Crippen molar-refractivity contribution in [1.29, 1.82) is 0 Å². The molecular formula is C15H21NO4. The molecule has 0 saturated heterocycles. The monoisotopic (exact) mass is 279 g/mol. The Balaban J connectivity index is 1.71. The number of aromatic hydroxyl groups is 1. The van der Waals surface area contributed by atoms with Gasteiger partial charge in [0, 0.05) is 23.7 Å². The van der Waals surface area contributed by atoms with E-state index in [0.717, 1.165) is 31.2 Å². The van der Waals surface area contributed by atoms with Gasteiger partial charge >= 0.3 is 0 Å². The van der Waals surface area contributed by atoms with Crippen LogP contribution in [0.2, 0.25) is 0 Å². The van der Waals surface area contributed by atoms with Crippen molar-refractivity contribution < 1.29 is 19.7 Å². The average Bonchev–Trinajstić information content (AvgIpc) is 2.93. The number of fused-ring (bicyclic) bond motifs is 1. The van der Waals surface area contributed by atoms with Crippen LogP contribution < -0.4 is 14.8 Å². The zero-order valence-electron chi connectivity index (χ0n) is 11.5. The molecule has 1 aromatic carbocycles. The second-order valence-electron chi connectivity index (χ2n) is 5.69. The van der Waals surface area contributed by atoms with E-state index >= 15 is 0 Å². The molecule has 1 heterocycles. The van der Waals surface area contributed by atoms with Crippen LogP contribution in [0, 0.1) is 0 Å². The molecule has 1 aliphatic carbocycles. The molecule has 0 radical (unpaired) electrons. The summed E-state index contributed by atoms with van der Waals surface area (Å²) in [6.07, 6.45) is 5.48. The van der Waals surface area contributed by atoms with Crippen molar-refractivity contribution in [3.05, 3.63) is 17.7 Å². The largest absolute Gasteiger partial charge is 0.507 e. The van der Waals surface area contributed by atoms with Gasteiger partial charge in [-0.1, -0.05) is 19.3 Å². The number of ether oxygens (including phenoxy) is 2.